The second-order valence-corrected chi connectivity index (χ2v) is 6.84. The van der Waals surface area contributed by atoms with Crippen LogP contribution >= 0.6 is 47.5 Å². The van der Waals surface area contributed by atoms with Gasteiger partial charge >= 0.3 is 0 Å². The molecular weight excluding hydrogens is 254 g/mol. The molecule has 0 aromatic rings. The highest BCUT2D eigenvalue weighted by Gasteiger charge is 2.34. The Morgan fingerprint density at radius 3 is 2.57 bits per heavy atom. The number of nitrogens with zero attached hydrogens (tertiary/aromatic N) is 1. The van der Waals surface area contributed by atoms with Crippen molar-refractivity contribution >= 4 is 57.7 Å². The van der Waals surface area contributed by atoms with E-state index in [1.54, 1.807) is 28.4 Å². The maximum Gasteiger partial charge on any atom is 0.267 e. The molecule has 2 aliphatic heterocycles. The molecule has 0 radical (unpaired) electrons. The van der Waals surface area contributed by atoms with Crippen molar-refractivity contribution in [2.45, 2.75) is 6.92 Å². The molecular formula is C8H9NOS4. The zero-order valence-corrected chi connectivity index (χ0v) is 10.9. The molecule has 6 heteroatoms. The maximum absolute atomic E-state index is 11.9. The van der Waals surface area contributed by atoms with E-state index in [-0.39, 0.29) is 5.91 Å². The van der Waals surface area contributed by atoms with Crippen molar-refractivity contribution < 1.29 is 4.79 Å². The lowest BCUT2D eigenvalue weighted by molar-refractivity contribution is -0.122. The van der Waals surface area contributed by atoms with Crippen LogP contribution < -0.4 is 0 Å². The van der Waals surface area contributed by atoms with Crippen molar-refractivity contribution in [2.24, 2.45) is 0 Å². The number of hydrogen-bond acceptors (Lipinski definition) is 5. The Balaban J connectivity index is 2.27. The Kier molecular flexibility index (Phi) is 3.46. The van der Waals surface area contributed by atoms with Gasteiger partial charge in [-0.25, -0.2) is 0 Å². The highest BCUT2D eigenvalue weighted by molar-refractivity contribution is 8.30. The number of hydrogen-bond donors (Lipinski definition) is 0. The lowest BCUT2D eigenvalue weighted by Crippen LogP contribution is -2.27. The molecule has 2 heterocycles. The Labute approximate surface area is 101 Å². The normalized spacial score (nSPS) is 22.8. The van der Waals surface area contributed by atoms with Gasteiger partial charge in [-0.3, -0.25) is 9.69 Å². The first-order valence-electron chi connectivity index (χ1n) is 4.27. The van der Waals surface area contributed by atoms with Gasteiger partial charge in [-0.15, -0.1) is 23.5 Å². The summed E-state index contributed by atoms with van der Waals surface area (Å²) in [5, 5.41) is 0. The van der Waals surface area contributed by atoms with Crippen molar-refractivity contribution in [1.29, 1.82) is 0 Å². The standard InChI is InChI=1S/C8H9NOS4/c1-2-9-6(10)5(14-8(9)11)7-12-3-4-13-7/h2-4H2,1H3. The van der Waals surface area contributed by atoms with Crippen LogP contribution in [0.3, 0.4) is 0 Å². The van der Waals surface area contributed by atoms with E-state index in [9.17, 15) is 4.79 Å². The van der Waals surface area contributed by atoms with Crippen LogP contribution in [0.25, 0.3) is 0 Å². The van der Waals surface area contributed by atoms with Crippen molar-refractivity contribution in [1.82, 2.24) is 4.90 Å². The fourth-order valence-electron chi connectivity index (χ4n) is 1.23. The highest BCUT2D eigenvalue weighted by Crippen LogP contribution is 2.45. The molecule has 0 spiro atoms. The lowest BCUT2D eigenvalue weighted by Gasteiger charge is -2.09. The van der Waals surface area contributed by atoms with Crippen molar-refractivity contribution in [3.63, 3.8) is 0 Å². The summed E-state index contributed by atoms with van der Waals surface area (Å²) in [5.74, 6) is 2.31. The van der Waals surface area contributed by atoms with Crippen molar-refractivity contribution in [2.75, 3.05) is 18.1 Å². The molecule has 2 fully saturated rings. The molecule has 0 saturated carbocycles. The number of carbonyl (C=O) groups is 1. The van der Waals surface area contributed by atoms with Gasteiger partial charge in [0.15, 0.2) is 0 Å². The van der Waals surface area contributed by atoms with E-state index < -0.39 is 0 Å². The highest BCUT2D eigenvalue weighted by atomic mass is 32.2. The third-order valence-electron chi connectivity index (χ3n) is 1.90. The number of rotatable bonds is 1. The van der Waals surface area contributed by atoms with E-state index in [0.29, 0.717) is 10.9 Å². The first-order valence-corrected chi connectivity index (χ1v) is 7.47. The molecule has 2 saturated heterocycles. The molecule has 0 aromatic carbocycles. The average molecular weight is 263 g/mol. The molecule has 1 amide bonds. The number of thiocarbonyl (C=S) groups is 1. The molecule has 0 N–H and O–H groups in total. The van der Waals surface area contributed by atoms with Crippen LogP contribution in [0.4, 0.5) is 0 Å². The molecule has 2 rings (SSSR count). The quantitative estimate of drug-likeness (QED) is 0.533. The minimum absolute atomic E-state index is 0.0967. The number of amides is 1. The molecule has 0 aliphatic carbocycles. The van der Waals surface area contributed by atoms with Crippen molar-refractivity contribution in [3.8, 4) is 0 Å². The SMILES string of the molecule is CCN1C(=O)C(=C2SCCS2)SC1=S. The summed E-state index contributed by atoms with van der Waals surface area (Å²) in [5.41, 5.74) is 0. The van der Waals surface area contributed by atoms with Gasteiger partial charge in [0.05, 0.1) is 9.14 Å². The number of carbonyl (C=O) groups excluding carboxylic acids is 1. The van der Waals surface area contributed by atoms with Gasteiger partial charge in [0.1, 0.15) is 4.32 Å². The van der Waals surface area contributed by atoms with E-state index in [0.717, 1.165) is 16.4 Å². The van der Waals surface area contributed by atoms with E-state index in [1.165, 1.54) is 16.0 Å². The van der Waals surface area contributed by atoms with Gasteiger partial charge < -0.3 is 0 Å². The molecule has 2 nitrogen and oxygen atoms in total. The van der Waals surface area contributed by atoms with Gasteiger partial charge in [-0.2, -0.15) is 0 Å². The Bertz CT molecular complexity index is 317. The fraction of sp³-hybridized carbons (Fsp3) is 0.500. The second-order valence-electron chi connectivity index (χ2n) is 2.73. The summed E-state index contributed by atoms with van der Waals surface area (Å²) in [6.07, 6.45) is 0. The molecule has 14 heavy (non-hydrogen) atoms. The predicted octanol–water partition coefficient (Wildman–Crippen LogP) is 2.52. The van der Waals surface area contributed by atoms with Gasteiger partial charge in [0.25, 0.3) is 5.91 Å². The van der Waals surface area contributed by atoms with E-state index in [1.807, 2.05) is 6.92 Å². The monoisotopic (exact) mass is 263 g/mol. The van der Waals surface area contributed by atoms with Gasteiger partial charge in [-0.1, -0.05) is 24.0 Å². The summed E-state index contributed by atoms with van der Waals surface area (Å²) in [4.78, 5) is 14.4. The summed E-state index contributed by atoms with van der Waals surface area (Å²) >= 11 is 10.1. The zero-order chi connectivity index (χ0) is 10.1. The van der Waals surface area contributed by atoms with Gasteiger partial charge in [0.2, 0.25) is 0 Å². The first-order chi connectivity index (χ1) is 6.74. The van der Waals surface area contributed by atoms with Crippen LogP contribution in [-0.4, -0.2) is 33.2 Å². The molecule has 76 valence electrons. The third-order valence-corrected chi connectivity index (χ3v) is 6.32. The first kappa shape index (κ1) is 10.9. The van der Waals surface area contributed by atoms with Crippen LogP contribution in [0.1, 0.15) is 6.92 Å². The van der Waals surface area contributed by atoms with Crippen LogP contribution in [0.2, 0.25) is 0 Å². The van der Waals surface area contributed by atoms with E-state index in [4.69, 9.17) is 12.2 Å². The Hall–Kier alpha value is 0.350. The van der Waals surface area contributed by atoms with Gasteiger partial charge in [-0.05, 0) is 6.92 Å². The molecule has 0 atom stereocenters. The van der Waals surface area contributed by atoms with E-state index >= 15 is 0 Å². The fourth-order valence-corrected chi connectivity index (χ4v) is 5.39. The van der Waals surface area contributed by atoms with Crippen LogP contribution in [0, 0.1) is 0 Å². The summed E-state index contributed by atoms with van der Waals surface area (Å²) in [7, 11) is 0. The molecule has 0 unspecified atom stereocenters. The topological polar surface area (TPSA) is 20.3 Å². The minimum atomic E-state index is 0.0967. The maximum atomic E-state index is 11.9. The zero-order valence-electron chi connectivity index (χ0n) is 7.61. The molecule has 0 aromatic heterocycles. The van der Waals surface area contributed by atoms with Gasteiger partial charge in [0, 0.05) is 18.1 Å². The third kappa shape index (κ3) is 1.85. The Morgan fingerprint density at radius 2 is 2.07 bits per heavy atom. The number of thioether (sulfide) groups is 3. The van der Waals surface area contributed by atoms with Crippen LogP contribution in [-0.2, 0) is 4.79 Å². The Morgan fingerprint density at radius 1 is 1.43 bits per heavy atom. The molecule has 0 bridgehead atoms. The summed E-state index contributed by atoms with van der Waals surface area (Å²) < 4.78 is 1.87. The van der Waals surface area contributed by atoms with Crippen molar-refractivity contribution in [3.05, 3.63) is 9.14 Å². The largest absolute Gasteiger partial charge is 0.293 e. The molecule has 2 aliphatic rings. The minimum Gasteiger partial charge on any atom is -0.293 e. The summed E-state index contributed by atoms with van der Waals surface area (Å²) in [6, 6.07) is 0. The lowest BCUT2D eigenvalue weighted by atomic mass is 10.5. The van der Waals surface area contributed by atoms with E-state index in [2.05, 4.69) is 0 Å². The second kappa shape index (κ2) is 4.47. The van der Waals surface area contributed by atoms with Crippen LogP contribution in [0.5, 0.6) is 0 Å². The predicted molar refractivity (Wildman–Crippen MR) is 69.5 cm³/mol. The average Bonchev–Trinajstić information content (AvgIpc) is 2.74. The number of likely N-dealkylation sites (N-methyl/N-ethyl adjacent to an activating group) is 1. The summed E-state index contributed by atoms with van der Waals surface area (Å²) in [6.45, 7) is 2.63. The van der Waals surface area contributed by atoms with Crippen LogP contribution in [0.15, 0.2) is 9.14 Å². The smallest absolute Gasteiger partial charge is 0.267 e.